The van der Waals surface area contributed by atoms with Gasteiger partial charge in [0, 0.05) is 35.3 Å². The number of thiazole rings is 1. The average Bonchev–Trinajstić information content (AvgIpc) is 3.31. The summed E-state index contributed by atoms with van der Waals surface area (Å²) in [5.74, 6) is -0.769. The van der Waals surface area contributed by atoms with Crippen LogP contribution < -0.4 is 10.2 Å². The lowest BCUT2D eigenvalue weighted by atomic mass is 10.1. The van der Waals surface area contributed by atoms with Gasteiger partial charge in [0.1, 0.15) is 0 Å². The van der Waals surface area contributed by atoms with Crippen LogP contribution in [0.4, 0.5) is 16.5 Å². The minimum Gasteiger partial charge on any atom is -0.478 e. The Morgan fingerprint density at radius 2 is 1.85 bits per heavy atom. The summed E-state index contributed by atoms with van der Waals surface area (Å²) >= 11 is 1.48. The maximum absolute atomic E-state index is 11.8. The maximum atomic E-state index is 11.8. The highest BCUT2D eigenvalue weighted by Crippen LogP contribution is 2.29. The molecule has 0 atom stereocenters. The normalized spacial score (nSPS) is 13.8. The van der Waals surface area contributed by atoms with Gasteiger partial charge >= 0.3 is 5.97 Å². The van der Waals surface area contributed by atoms with Gasteiger partial charge in [-0.25, -0.2) is 9.78 Å². The minimum absolute atomic E-state index is 0.178. The number of nitrogens with one attached hydrogen (secondary N) is 1. The van der Waals surface area contributed by atoms with E-state index in [1.807, 2.05) is 34.5 Å². The molecule has 6 nitrogen and oxygen atoms in total. The number of carbonyl (C=O) groups is 2. The number of carboxylic acids is 1. The molecule has 1 aromatic heterocycles. The molecule has 1 aliphatic heterocycles. The van der Waals surface area contributed by atoms with Crippen LogP contribution in [0.5, 0.6) is 0 Å². The van der Waals surface area contributed by atoms with Crippen molar-refractivity contribution in [3.63, 3.8) is 0 Å². The maximum Gasteiger partial charge on any atom is 0.335 e. The third-order valence-electron chi connectivity index (χ3n) is 4.44. The van der Waals surface area contributed by atoms with Crippen LogP contribution in [0.25, 0.3) is 11.3 Å². The van der Waals surface area contributed by atoms with E-state index in [0.29, 0.717) is 6.42 Å². The van der Waals surface area contributed by atoms with Gasteiger partial charge in [0.15, 0.2) is 5.13 Å². The van der Waals surface area contributed by atoms with Crippen LogP contribution in [-0.4, -0.2) is 28.5 Å². The van der Waals surface area contributed by atoms with E-state index in [-0.39, 0.29) is 11.5 Å². The Labute approximate surface area is 160 Å². The monoisotopic (exact) mass is 379 g/mol. The predicted molar refractivity (Wildman–Crippen MR) is 106 cm³/mol. The smallest absolute Gasteiger partial charge is 0.335 e. The molecule has 0 bridgehead atoms. The number of aromatic nitrogens is 1. The van der Waals surface area contributed by atoms with Crippen molar-refractivity contribution >= 4 is 39.7 Å². The van der Waals surface area contributed by atoms with Gasteiger partial charge < -0.3 is 15.3 Å². The molecular formula is C20H17N3O3S. The zero-order valence-electron chi connectivity index (χ0n) is 14.4. The Morgan fingerprint density at radius 3 is 2.48 bits per heavy atom. The molecule has 1 saturated heterocycles. The number of nitrogens with zero attached hydrogens (tertiary/aromatic N) is 2. The van der Waals surface area contributed by atoms with Gasteiger partial charge in [-0.2, -0.15) is 0 Å². The molecule has 2 aromatic carbocycles. The Morgan fingerprint density at radius 1 is 1.11 bits per heavy atom. The van der Waals surface area contributed by atoms with Crippen molar-refractivity contribution in [1.82, 2.24) is 4.98 Å². The van der Waals surface area contributed by atoms with E-state index < -0.39 is 5.97 Å². The summed E-state index contributed by atoms with van der Waals surface area (Å²) in [7, 11) is 0. The Balaban J connectivity index is 1.47. The van der Waals surface area contributed by atoms with Crippen molar-refractivity contribution < 1.29 is 14.7 Å². The second kappa shape index (κ2) is 7.20. The Bertz CT molecular complexity index is 980. The number of aromatic carboxylic acids is 1. The van der Waals surface area contributed by atoms with Crippen LogP contribution in [0, 0.1) is 0 Å². The molecule has 0 saturated carbocycles. The Kier molecular flexibility index (Phi) is 4.60. The summed E-state index contributed by atoms with van der Waals surface area (Å²) in [5.41, 5.74) is 3.79. The molecule has 1 aliphatic rings. The lowest BCUT2D eigenvalue weighted by molar-refractivity contribution is -0.117. The molecule has 0 spiro atoms. The lowest BCUT2D eigenvalue weighted by Crippen LogP contribution is -2.23. The molecular weight excluding hydrogens is 362 g/mol. The van der Waals surface area contributed by atoms with Crippen molar-refractivity contribution in [3.8, 4) is 11.3 Å². The van der Waals surface area contributed by atoms with Crippen molar-refractivity contribution in [2.24, 2.45) is 0 Å². The van der Waals surface area contributed by atoms with Gasteiger partial charge in [-0.15, -0.1) is 11.3 Å². The van der Waals surface area contributed by atoms with Gasteiger partial charge in [-0.3, -0.25) is 4.79 Å². The molecule has 0 radical (unpaired) electrons. The Hall–Kier alpha value is -3.19. The first-order valence-corrected chi connectivity index (χ1v) is 9.45. The van der Waals surface area contributed by atoms with Gasteiger partial charge in [0.05, 0.1) is 11.3 Å². The first-order chi connectivity index (χ1) is 13.1. The van der Waals surface area contributed by atoms with Crippen molar-refractivity contribution in [2.45, 2.75) is 12.8 Å². The summed E-state index contributed by atoms with van der Waals surface area (Å²) < 4.78 is 0. The SMILES string of the molecule is O=C(O)c1ccc(Nc2nc(-c3ccc(N4CCCC4=O)cc3)cs2)cc1. The van der Waals surface area contributed by atoms with Crippen LogP contribution in [0.15, 0.2) is 53.9 Å². The van der Waals surface area contributed by atoms with Gasteiger partial charge in [-0.05, 0) is 42.8 Å². The van der Waals surface area contributed by atoms with Crippen LogP contribution in [0.1, 0.15) is 23.2 Å². The average molecular weight is 379 g/mol. The lowest BCUT2D eigenvalue weighted by Gasteiger charge is -2.15. The highest BCUT2D eigenvalue weighted by Gasteiger charge is 2.21. The first kappa shape index (κ1) is 17.2. The second-order valence-corrected chi connectivity index (χ2v) is 7.10. The first-order valence-electron chi connectivity index (χ1n) is 8.57. The third-order valence-corrected chi connectivity index (χ3v) is 5.19. The molecule has 0 unspecified atom stereocenters. The molecule has 4 rings (SSSR count). The zero-order chi connectivity index (χ0) is 18.8. The standard InChI is InChI=1S/C20H17N3O3S/c24-18-2-1-11-23(18)16-9-5-13(6-10-16)17-12-27-20(22-17)21-15-7-3-14(4-8-15)19(25)26/h3-10,12H,1-2,11H2,(H,21,22)(H,25,26). The molecule has 3 aromatic rings. The van der Waals surface area contributed by atoms with E-state index in [9.17, 15) is 9.59 Å². The van der Waals surface area contributed by atoms with Gasteiger partial charge in [0.2, 0.25) is 5.91 Å². The largest absolute Gasteiger partial charge is 0.478 e. The fourth-order valence-electron chi connectivity index (χ4n) is 3.02. The number of carbonyl (C=O) groups excluding carboxylic acids is 1. The summed E-state index contributed by atoms with van der Waals surface area (Å²) in [6, 6.07) is 14.4. The predicted octanol–water partition coefficient (Wildman–Crippen LogP) is 4.38. The van der Waals surface area contributed by atoms with Crippen molar-refractivity contribution in [2.75, 3.05) is 16.8 Å². The van der Waals surface area contributed by atoms with E-state index in [2.05, 4.69) is 10.3 Å². The summed E-state index contributed by atoms with van der Waals surface area (Å²) in [5, 5.41) is 14.8. The zero-order valence-corrected chi connectivity index (χ0v) is 15.2. The number of rotatable bonds is 5. The molecule has 0 aliphatic carbocycles. The van der Waals surface area contributed by atoms with E-state index in [1.165, 1.54) is 11.3 Å². The number of benzene rings is 2. The fraction of sp³-hybridized carbons (Fsp3) is 0.150. The molecule has 27 heavy (non-hydrogen) atoms. The third kappa shape index (κ3) is 3.68. The quantitative estimate of drug-likeness (QED) is 0.687. The molecule has 1 amide bonds. The number of carboxylic acid groups (broad SMARTS) is 1. The number of hydrogen-bond acceptors (Lipinski definition) is 5. The molecule has 1 fully saturated rings. The van der Waals surface area contributed by atoms with E-state index in [1.54, 1.807) is 24.3 Å². The van der Waals surface area contributed by atoms with E-state index >= 15 is 0 Å². The molecule has 136 valence electrons. The van der Waals surface area contributed by atoms with Crippen LogP contribution in [0.3, 0.4) is 0 Å². The van der Waals surface area contributed by atoms with Crippen molar-refractivity contribution in [3.05, 3.63) is 59.5 Å². The van der Waals surface area contributed by atoms with Gasteiger partial charge in [-0.1, -0.05) is 12.1 Å². The summed E-state index contributed by atoms with van der Waals surface area (Å²) in [6.07, 6.45) is 1.53. The minimum atomic E-state index is -0.947. The van der Waals surface area contributed by atoms with Crippen LogP contribution in [-0.2, 0) is 4.79 Å². The molecule has 2 heterocycles. The van der Waals surface area contributed by atoms with E-state index in [4.69, 9.17) is 5.11 Å². The highest BCUT2D eigenvalue weighted by molar-refractivity contribution is 7.14. The van der Waals surface area contributed by atoms with Crippen LogP contribution in [0.2, 0.25) is 0 Å². The topological polar surface area (TPSA) is 82.5 Å². The second-order valence-electron chi connectivity index (χ2n) is 6.24. The number of hydrogen-bond donors (Lipinski definition) is 2. The fourth-order valence-corrected chi connectivity index (χ4v) is 3.76. The van der Waals surface area contributed by atoms with Crippen LogP contribution >= 0.6 is 11.3 Å². The van der Waals surface area contributed by atoms with E-state index in [0.717, 1.165) is 40.7 Å². The summed E-state index contributed by atoms with van der Waals surface area (Å²) in [6.45, 7) is 0.781. The number of anilines is 3. The van der Waals surface area contributed by atoms with Crippen molar-refractivity contribution in [1.29, 1.82) is 0 Å². The highest BCUT2D eigenvalue weighted by atomic mass is 32.1. The van der Waals surface area contributed by atoms with Gasteiger partial charge in [0.25, 0.3) is 0 Å². The molecule has 2 N–H and O–H groups in total. The molecule has 7 heteroatoms. The summed E-state index contributed by atoms with van der Waals surface area (Å²) in [4.78, 5) is 29.1. The number of amides is 1.